The standard InChI is InChI=1S/C10H12F3NO2S/c1-7(14)6-8-2-4-9(5-3-8)17(15,16)10(11,12)13/h2-5,7H,6,14H2,1H3. The second-order valence-electron chi connectivity index (χ2n) is 3.77. The highest BCUT2D eigenvalue weighted by Gasteiger charge is 2.46. The number of benzene rings is 1. The van der Waals surface area contributed by atoms with Gasteiger partial charge < -0.3 is 5.73 Å². The van der Waals surface area contributed by atoms with Crippen molar-refractivity contribution in [1.29, 1.82) is 0 Å². The molecule has 3 nitrogen and oxygen atoms in total. The van der Waals surface area contributed by atoms with Crippen molar-refractivity contribution in [3.8, 4) is 0 Å². The third-order valence-corrected chi connectivity index (χ3v) is 3.60. The molecule has 1 atom stereocenters. The summed E-state index contributed by atoms with van der Waals surface area (Å²) in [4.78, 5) is -0.751. The topological polar surface area (TPSA) is 60.2 Å². The summed E-state index contributed by atoms with van der Waals surface area (Å²) >= 11 is 0. The molecule has 1 unspecified atom stereocenters. The van der Waals surface area contributed by atoms with E-state index in [1.807, 2.05) is 0 Å². The van der Waals surface area contributed by atoms with Gasteiger partial charge in [-0.25, -0.2) is 8.42 Å². The van der Waals surface area contributed by atoms with Crippen LogP contribution in [0.5, 0.6) is 0 Å². The lowest BCUT2D eigenvalue weighted by molar-refractivity contribution is -0.0436. The Bertz CT molecular complexity index is 477. The minimum Gasteiger partial charge on any atom is -0.328 e. The van der Waals surface area contributed by atoms with Crippen molar-refractivity contribution in [3.05, 3.63) is 29.8 Å². The molecule has 0 spiro atoms. The number of hydrogen-bond acceptors (Lipinski definition) is 3. The minimum atomic E-state index is -5.27. The van der Waals surface area contributed by atoms with Crippen LogP contribution in [-0.2, 0) is 16.3 Å². The van der Waals surface area contributed by atoms with Crippen LogP contribution < -0.4 is 5.73 Å². The average molecular weight is 267 g/mol. The molecule has 2 N–H and O–H groups in total. The van der Waals surface area contributed by atoms with Crippen molar-refractivity contribution in [2.24, 2.45) is 5.73 Å². The van der Waals surface area contributed by atoms with Gasteiger partial charge in [-0.3, -0.25) is 0 Å². The van der Waals surface area contributed by atoms with Crippen LogP contribution in [0.15, 0.2) is 29.2 Å². The first kappa shape index (κ1) is 14.0. The molecule has 1 aromatic rings. The lowest BCUT2D eigenvalue weighted by Crippen LogP contribution is -2.23. The van der Waals surface area contributed by atoms with Gasteiger partial charge in [0.05, 0.1) is 4.90 Å². The van der Waals surface area contributed by atoms with Crippen molar-refractivity contribution in [2.45, 2.75) is 29.8 Å². The summed E-state index contributed by atoms with van der Waals surface area (Å²) in [5, 5.41) is 0. The number of hydrogen-bond donors (Lipinski definition) is 1. The Labute approximate surface area is 97.4 Å². The van der Waals surface area contributed by atoms with Crippen LogP contribution in [0, 0.1) is 0 Å². The predicted octanol–water partition coefficient (Wildman–Crippen LogP) is 1.87. The van der Waals surface area contributed by atoms with Gasteiger partial charge in [0.15, 0.2) is 0 Å². The van der Waals surface area contributed by atoms with Gasteiger partial charge in [-0.2, -0.15) is 13.2 Å². The second kappa shape index (κ2) is 4.66. The zero-order chi connectivity index (χ0) is 13.3. The Morgan fingerprint density at radius 1 is 1.24 bits per heavy atom. The molecule has 0 bridgehead atoms. The number of alkyl halides is 3. The summed E-state index contributed by atoms with van der Waals surface area (Å²) in [5.41, 5.74) is 0.947. The normalized spacial score (nSPS) is 14.6. The molecule has 1 rings (SSSR count). The summed E-state index contributed by atoms with van der Waals surface area (Å²) in [5.74, 6) is 0. The first-order valence-electron chi connectivity index (χ1n) is 4.80. The Kier molecular flexibility index (Phi) is 3.83. The summed E-state index contributed by atoms with van der Waals surface area (Å²) in [6.45, 7) is 1.75. The van der Waals surface area contributed by atoms with Crippen LogP contribution >= 0.6 is 0 Å². The molecular weight excluding hydrogens is 255 g/mol. The van der Waals surface area contributed by atoms with Gasteiger partial charge in [-0.05, 0) is 31.0 Å². The van der Waals surface area contributed by atoms with E-state index in [0.29, 0.717) is 12.0 Å². The maximum absolute atomic E-state index is 12.2. The number of rotatable bonds is 3. The molecule has 0 amide bonds. The van der Waals surface area contributed by atoms with Crippen molar-refractivity contribution in [2.75, 3.05) is 0 Å². The predicted molar refractivity (Wildman–Crippen MR) is 57.0 cm³/mol. The summed E-state index contributed by atoms with van der Waals surface area (Å²) in [7, 11) is -5.25. The Morgan fingerprint density at radius 2 is 1.71 bits per heavy atom. The number of sulfone groups is 1. The molecular formula is C10H12F3NO2S. The van der Waals surface area contributed by atoms with Crippen LogP contribution in [0.2, 0.25) is 0 Å². The van der Waals surface area contributed by atoms with Gasteiger partial charge in [0.2, 0.25) is 0 Å². The summed E-state index contributed by atoms with van der Waals surface area (Å²) in [6.07, 6.45) is 0.479. The molecule has 0 saturated heterocycles. The minimum absolute atomic E-state index is 0.139. The van der Waals surface area contributed by atoms with Crippen molar-refractivity contribution < 1.29 is 21.6 Å². The quantitative estimate of drug-likeness (QED) is 0.909. The average Bonchev–Trinajstić information content (AvgIpc) is 2.15. The lowest BCUT2D eigenvalue weighted by Gasteiger charge is -2.09. The highest BCUT2D eigenvalue weighted by atomic mass is 32.2. The molecule has 96 valence electrons. The molecule has 7 heteroatoms. The van der Waals surface area contributed by atoms with E-state index in [0.717, 1.165) is 12.1 Å². The zero-order valence-electron chi connectivity index (χ0n) is 9.03. The van der Waals surface area contributed by atoms with Gasteiger partial charge in [0.25, 0.3) is 9.84 Å². The fourth-order valence-corrected chi connectivity index (χ4v) is 2.07. The maximum atomic E-state index is 12.2. The van der Waals surface area contributed by atoms with E-state index >= 15 is 0 Å². The molecule has 17 heavy (non-hydrogen) atoms. The van der Waals surface area contributed by atoms with Crippen molar-refractivity contribution in [1.82, 2.24) is 0 Å². The molecule has 0 aromatic heterocycles. The van der Waals surface area contributed by atoms with E-state index in [1.54, 1.807) is 6.92 Å². The molecule has 1 aromatic carbocycles. The monoisotopic (exact) mass is 267 g/mol. The first-order valence-corrected chi connectivity index (χ1v) is 6.29. The molecule has 0 aliphatic heterocycles. The van der Waals surface area contributed by atoms with Crippen molar-refractivity contribution in [3.63, 3.8) is 0 Å². The Balaban J connectivity index is 3.04. The molecule has 0 fully saturated rings. The van der Waals surface area contributed by atoms with E-state index in [4.69, 9.17) is 5.73 Å². The Hall–Kier alpha value is -1.08. The lowest BCUT2D eigenvalue weighted by atomic mass is 10.1. The third-order valence-electron chi connectivity index (χ3n) is 2.10. The van der Waals surface area contributed by atoms with Gasteiger partial charge >= 0.3 is 5.51 Å². The molecule has 0 aliphatic rings. The second-order valence-corrected chi connectivity index (χ2v) is 5.72. The van der Waals surface area contributed by atoms with E-state index < -0.39 is 20.2 Å². The third kappa shape index (κ3) is 3.19. The molecule has 0 heterocycles. The smallest absolute Gasteiger partial charge is 0.328 e. The molecule has 0 saturated carbocycles. The van der Waals surface area contributed by atoms with Crippen LogP contribution in [-0.4, -0.2) is 20.0 Å². The maximum Gasteiger partial charge on any atom is 0.501 e. The van der Waals surface area contributed by atoms with Gasteiger partial charge in [-0.15, -0.1) is 0 Å². The van der Waals surface area contributed by atoms with Crippen molar-refractivity contribution >= 4 is 9.84 Å². The first-order chi connectivity index (χ1) is 7.64. The summed E-state index contributed by atoms with van der Waals surface area (Å²) in [6, 6.07) is 4.42. The SMILES string of the molecule is CC(N)Cc1ccc(S(=O)(=O)C(F)(F)F)cc1. The van der Waals surface area contributed by atoms with Gasteiger partial charge in [0.1, 0.15) is 0 Å². The fraction of sp³-hybridized carbons (Fsp3) is 0.400. The molecule has 0 radical (unpaired) electrons. The number of nitrogens with two attached hydrogens (primary N) is 1. The van der Waals surface area contributed by atoms with E-state index in [2.05, 4.69) is 0 Å². The fourth-order valence-electron chi connectivity index (χ4n) is 1.31. The number of halogens is 3. The summed E-state index contributed by atoms with van der Waals surface area (Å²) < 4.78 is 58.7. The van der Waals surface area contributed by atoms with Crippen LogP contribution in [0.1, 0.15) is 12.5 Å². The van der Waals surface area contributed by atoms with Gasteiger partial charge in [0, 0.05) is 6.04 Å². The van der Waals surface area contributed by atoms with E-state index in [-0.39, 0.29) is 6.04 Å². The zero-order valence-corrected chi connectivity index (χ0v) is 9.85. The van der Waals surface area contributed by atoms with E-state index in [9.17, 15) is 21.6 Å². The van der Waals surface area contributed by atoms with Crippen LogP contribution in [0.4, 0.5) is 13.2 Å². The molecule has 0 aliphatic carbocycles. The van der Waals surface area contributed by atoms with Crippen LogP contribution in [0.3, 0.4) is 0 Å². The highest BCUT2D eigenvalue weighted by Crippen LogP contribution is 2.30. The van der Waals surface area contributed by atoms with Gasteiger partial charge in [-0.1, -0.05) is 12.1 Å². The largest absolute Gasteiger partial charge is 0.501 e. The Morgan fingerprint density at radius 3 is 2.06 bits per heavy atom. The van der Waals surface area contributed by atoms with Crippen LogP contribution in [0.25, 0.3) is 0 Å². The highest BCUT2D eigenvalue weighted by molar-refractivity contribution is 7.92. The van der Waals surface area contributed by atoms with E-state index in [1.165, 1.54) is 12.1 Å².